The predicted molar refractivity (Wildman–Crippen MR) is 124 cm³/mol. The van der Waals surface area contributed by atoms with Crippen molar-refractivity contribution in [2.75, 3.05) is 26.2 Å². The molecule has 0 aromatic heterocycles. The van der Waals surface area contributed by atoms with Gasteiger partial charge < -0.3 is 20.7 Å². The van der Waals surface area contributed by atoms with E-state index in [-0.39, 0.29) is 41.5 Å². The first kappa shape index (κ1) is 24.0. The quantitative estimate of drug-likeness (QED) is 0.330. The zero-order chi connectivity index (χ0) is 19.2. The predicted octanol–water partition coefficient (Wildman–Crippen LogP) is 3.87. The molecule has 1 aromatic carbocycles. The van der Waals surface area contributed by atoms with Crippen molar-refractivity contribution in [1.29, 1.82) is 0 Å². The molecule has 0 aliphatic carbocycles. The molecule has 0 spiro atoms. The maximum atomic E-state index is 11.7. The summed E-state index contributed by atoms with van der Waals surface area (Å²) in [6.45, 7) is 8.49. The van der Waals surface area contributed by atoms with Gasteiger partial charge in [0, 0.05) is 29.0 Å². The topological polar surface area (TPSA) is 80.0 Å². The maximum absolute atomic E-state index is 11.7. The van der Waals surface area contributed by atoms with Crippen LogP contribution in [-0.2, 0) is 10.2 Å². The Bertz CT molecular complexity index is 646. The number of hydrogen-bond donors (Lipinski definition) is 2. The minimum atomic E-state index is -0.233. The van der Waals surface area contributed by atoms with Crippen LogP contribution in [0.15, 0.2) is 33.7 Å². The Balaban J connectivity index is 0.00000364. The van der Waals surface area contributed by atoms with Gasteiger partial charge in [0.1, 0.15) is 0 Å². The van der Waals surface area contributed by atoms with E-state index in [2.05, 4.69) is 52.2 Å². The average molecular weight is 553 g/mol. The van der Waals surface area contributed by atoms with Crippen molar-refractivity contribution in [3.63, 3.8) is 0 Å². The molecule has 1 aliphatic rings. The fraction of sp³-hybridized carbons (Fsp3) is 0.579. The van der Waals surface area contributed by atoms with Gasteiger partial charge in [-0.05, 0) is 37.5 Å². The minimum Gasteiger partial charge on any atom is -0.450 e. The smallest absolute Gasteiger partial charge is 0.409 e. The summed E-state index contributed by atoms with van der Waals surface area (Å²) in [6, 6.07) is 8.50. The Morgan fingerprint density at radius 1 is 1.41 bits per heavy atom. The monoisotopic (exact) mass is 552 g/mol. The van der Waals surface area contributed by atoms with Crippen LogP contribution in [0, 0.1) is 0 Å². The summed E-state index contributed by atoms with van der Waals surface area (Å²) in [4.78, 5) is 18.0. The van der Waals surface area contributed by atoms with Crippen molar-refractivity contribution in [3.05, 3.63) is 34.3 Å². The molecule has 3 N–H and O–H groups in total. The molecule has 152 valence electrons. The van der Waals surface area contributed by atoms with E-state index in [1.807, 2.05) is 19.1 Å². The molecule has 0 bridgehead atoms. The maximum Gasteiger partial charge on any atom is 0.409 e. The molecule has 6 nitrogen and oxygen atoms in total. The zero-order valence-electron chi connectivity index (χ0n) is 16.2. The summed E-state index contributed by atoms with van der Waals surface area (Å²) in [5.41, 5.74) is 7.19. The number of carbonyl (C=O) groups is 1. The molecule has 0 saturated carbocycles. The third-order valence-electron chi connectivity index (χ3n) is 4.62. The molecule has 1 aliphatic heterocycles. The van der Waals surface area contributed by atoms with E-state index < -0.39 is 0 Å². The number of piperidine rings is 1. The molecular formula is C19H30BrIN4O2. The normalized spacial score (nSPS) is 15.9. The fourth-order valence-corrected chi connectivity index (χ4v) is 3.36. The lowest BCUT2D eigenvalue weighted by molar-refractivity contribution is 0.0963. The Morgan fingerprint density at radius 2 is 2.07 bits per heavy atom. The van der Waals surface area contributed by atoms with Gasteiger partial charge in [-0.2, -0.15) is 0 Å². The van der Waals surface area contributed by atoms with Gasteiger partial charge in [-0.3, -0.25) is 4.99 Å². The van der Waals surface area contributed by atoms with Gasteiger partial charge in [-0.25, -0.2) is 4.79 Å². The number of carbonyl (C=O) groups excluding carboxylic acids is 1. The van der Waals surface area contributed by atoms with Gasteiger partial charge in [-0.1, -0.05) is 41.9 Å². The Hall–Kier alpha value is -1.03. The fourth-order valence-electron chi connectivity index (χ4n) is 2.96. The number of hydrogen-bond acceptors (Lipinski definition) is 3. The highest BCUT2D eigenvalue weighted by Crippen LogP contribution is 2.26. The summed E-state index contributed by atoms with van der Waals surface area (Å²) in [5, 5.41) is 3.29. The molecule has 27 heavy (non-hydrogen) atoms. The Kier molecular flexibility index (Phi) is 9.86. The second kappa shape index (κ2) is 11.1. The van der Waals surface area contributed by atoms with Crippen molar-refractivity contribution < 1.29 is 9.53 Å². The minimum absolute atomic E-state index is 0. The lowest BCUT2D eigenvalue weighted by Crippen LogP contribution is -2.48. The molecule has 1 aromatic rings. The van der Waals surface area contributed by atoms with Crippen LogP contribution in [0.2, 0.25) is 0 Å². The first-order valence-corrected chi connectivity index (χ1v) is 9.85. The Morgan fingerprint density at radius 3 is 2.67 bits per heavy atom. The van der Waals surface area contributed by atoms with Gasteiger partial charge in [0.15, 0.2) is 5.96 Å². The number of ether oxygens (including phenoxy) is 1. The van der Waals surface area contributed by atoms with Crippen LogP contribution in [0.3, 0.4) is 0 Å². The molecule has 2 rings (SSSR count). The summed E-state index contributed by atoms with van der Waals surface area (Å²) < 4.78 is 6.10. The largest absolute Gasteiger partial charge is 0.450 e. The Labute approximate surface area is 187 Å². The molecule has 1 amide bonds. The number of nitrogens with two attached hydrogens (primary N) is 1. The average Bonchev–Trinajstić information content (AvgIpc) is 2.61. The molecule has 0 radical (unpaired) electrons. The van der Waals surface area contributed by atoms with Crippen LogP contribution in [0.5, 0.6) is 0 Å². The number of halogens is 2. The highest BCUT2D eigenvalue weighted by atomic mass is 127. The van der Waals surface area contributed by atoms with Crippen molar-refractivity contribution in [1.82, 2.24) is 10.2 Å². The molecule has 0 unspecified atom stereocenters. The second-order valence-corrected chi connectivity index (χ2v) is 8.12. The summed E-state index contributed by atoms with van der Waals surface area (Å²) in [6.07, 6.45) is 1.44. The van der Waals surface area contributed by atoms with E-state index in [4.69, 9.17) is 10.5 Å². The third kappa shape index (κ3) is 7.48. The lowest BCUT2D eigenvalue weighted by atomic mass is 9.85. The van der Waals surface area contributed by atoms with Crippen molar-refractivity contribution in [3.8, 4) is 0 Å². The van der Waals surface area contributed by atoms with E-state index in [1.165, 1.54) is 5.56 Å². The van der Waals surface area contributed by atoms with Crippen LogP contribution < -0.4 is 11.1 Å². The molecule has 8 heteroatoms. The van der Waals surface area contributed by atoms with Crippen molar-refractivity contribution in [2.24, 2.45) is 10.7 Å². The van der Waals surface area contributed by atoms with Crippen molar-refractivity contribution in [2.45, 2.75) is 45.1 Å². The van der Waals surface area contributed by atoms with E-state index >= 15 is 0 Å². The van der Waals surface area contributed by atoms with Crippen molar-refractivity contribution >= 4 is 52.0 Å². The molecule has 1 saturated heterocycles. The van der Waals surface area contributed by atoms with Gasteiger partial charge in [0.05, 0.1) is 13.2 Å². The number of rotatable bonds is 5. The van der Waals surface area contributed by atoms with Crippen LogP contribution in [0.4, 0.5) is 4.79 Å². The van der Waals surface area contributed by atoms with E-state index in [9.17, 15) is 4.79 Å². The highest BCUT2D eigenvalue weighted by molar-refractivity contribution is 14.0. The summed E-state index contributed by atoms with van der Waals surface area (Å²) >= 11 is 3.52. The van der Waals surface area contributed by atoms with Crippen LogP contribution in [-0.4, -0.2) is 49.2 Å². The van der Waals surface area contributed by atoms with E-state index in [0.29, 0.717) is 32.2 Å². The first-order chi connectivity index (χ1) is 12.3. The zero-order valence-corrected chi connectivity index (χ0v) is 20.1. The third-order valence-corrected chi connectivity index (χ3v) is 5.12. The van der Waals surface area contributed by atoms with Crippen LogP contribution in [0.25, 0.3) is 0 Å². The highest BCUT2D eigenvalue weighted by Gasteiger charge is 2.24. The summed E-state index contributed by atoms with van der Waals surface area (Å²) in [5.74, 6) is 0.461. The molecule has 1 fully saturated rings. The van der Waals surface area contributed by atoms with Gasteiger partial charge in [0.25, 0.3) is 0 Å². The number of guanidine groups is 1. The van der Waals surface area contributed by atoms with E-state index in [0.717, 1.165) is 17.3 Å². The van der Waals surface area contributed by atoms with Gasteiger partial charge >= 0.3 is 6.09 Å². The van der Waals surface area contributed by atoms with Gasteiger partial charge in [-0.15, -0.1) is 24.0 Å². The standard InChI is InChI=1S/C19H29BrN4O2.HI/c1-4-26-18(25)24-10-8-16(9-11-24)23-17(21)22-13-19(2,3)14-6-5-7-15(20)12-14;/h5-7,12,16H,4,8-11,13H2,1-3H3,(H3,21,22,23);1H. The molecular weight excluding hydrogens is 523 g/mol. The number of likely N-dealkylation sites (tertiary alicyclic amines) is 1. The number of nitrogens with one attached hydrogen (secondary N) is 1. The number of benzene rings is 1. The lowest BCUT2D eigenvalue weighted by Gasteiger charge is -2.32. The first-order valence-electron chi connectivity index (χ1n) is 9.06. The SMILES string of the molecule is CCOC(=O)N1CCC(NC(N)=NCC(C)(C)c2cccc(Br)c2)CC1.I. The number of amides is 1. The molecule has 0 atom stereocenters. The number of aliphatic imine (C=N–C) groups is 1. The van der Waals surface area contributed by atoms with E-state index in [1.54, 1.807) is 4.90 Å². The summed E-state index contributed by atoms with van der Waals surface area (Å²) in [7, 11) is 0. The molecule has 1 heterocycles. The van der Waals surface area contributed by atoms with Crippen LogP contribution >= 0.6 is 39.9 Å². The number of nitrogens with zero attached hydrogens (tertiary/aromatic N) is 2. The van der Waals surface area contributed by atoms with Crippen LogP contribution in [0.1, 0.15) is 39.2 Å². The van der Waals surface area contributed by atoms with Gasteiger partial charge in [0.2, 0.25) is 0 Å². The second-order valence-electron chi connectivity index (χ2n) is 7.20.